The molecular weight excluding hydrogens is 827 g/mol. The van der Waals surface area contributed by atoms with Crippen LogP contribution in [0.2, 0.25) is 0 Å². The van der Waals surface area contributed by atoms with Crippen molar-refractivity contribution in [1.82, 2.24) is 5.32 Å². The summed E-state index contributed by atoms with van der Waals surface area (Å²) in [6, 6.07) is -0.625. The van der Waals surface area contributed by atoms with Gasteiger partial charge in [-0.1, -0.05) is 282 Å². The van der Waals surface area contributed by atoms with Crippen molar-refractivity contribution in [3.63, 3.8) is 0 Å². The van der Waals surface area contributed by atoms with Gasteiger partial charge in [0.25, 0.3) is 0 Å². The van der Waals surface area contributed by atoms with E-state index in [1.165, 1.54) is 263 Å². The van der Waals surface area contributed by atoms with Crippen LogP contribution in [0.3, 0.4) is 0 Å². The van der Waals surface area contributed by atoms with E-state index in [9.17, 15) is 19.8 Å². The van der Waals surface area contributed by atoms with E-state index >= 15 is 0 Å². The summed E-state index contributed by atoms with van der Waals surface area (Å²) in [7, 11) is 0. The zero-order valence-electron chi connectivity index (χ0n) is 45.1. The number of aliphatic hydroxyl groups excluding tert-OH is 2. The number of hydrogen-bond acceptors (Lipinski definition) is 5. The van der Waals surface area contributed by atoms with Crippen molar-refractivity contribution in [2.24, 2.45) is 0 Å². The number of rotatable bonds is 56. The molecule has 0 heterocycles. The first-order valence-corrected chi connectivity index (χ1v) is 30.1. The van der Waals surface area contributed by atoms with Crippen molar-refractivity contribution < 1.29 is 24.5 Å². The lowest BCUT2D eigenvalue weighted by atomic mass is 10.0. The molecule has 0 aromatic carbocycles. The number of allylic oxidation sites excluding steroid dienone is 3. The third-order valence-corrected chi connectivity index (χ3v) is 14.0. The molecule has 6 nitrogen and oxygen atoms in total. The maximum atomic E-state index is 12.4. The van der Waals surface area contributed by atoms with Gasteiger partial charge in [-0.25, -0.2) is 0 Å². The van der Waals surface area contributed by atoms with Crippen LogP contribution in [-0.2, 0) is 14.3 Å². The van der Waals surface area contributed by atoms with Gasteiger partial charge in [-0.15, -0.1) is 0 Å². The van der Waals surface area contributed by atoms with E-state index in [0.29, 0.717) is 19.4 Å². The number of hydrogen-bond donors (Lipinski definition) is 3. The third-order valence-electron chi connectivity index (χ3n) is 14.0. The maximum Gasteiger partial charge on any atom is 0.305 e. The van der Waals surface area contributed by atoms with Gasteiger partial charge in [0.2, 0.25) is 5.91 Å². The van der Waals surface area contributed by atoms with Crippen LogP contribution in [0.25, 0.3) is 0 Å². The van der Waals surface area contributed by atoms with Gasteiger partial charge >= 0.3 is 5.97 Å². The Bertz CT molecular complexity index is 1040. The number of nitrogens with one attached hydrogen (secondary N) is 1. The highest BCUT2D eigenvalue weighted by Crippen LogP contribution is 2.17. The number of carbonyl (C=O) groups excluding carboxylic acids is 2. The molecular formula is C61H117NO5. The zero-order valence-corrected chi connectivity index (χ0v) is 45.1. The molecule has 0 radical (unpaired) electrons. The lowest BCUT2D eigenvalue weighted by Crippen LogP contribution is -2.45. The second-order valence-electron chi connectivity index (χ2n) is 20.7. The topological polar surface area (TPSA) is 95.9 Å². The van der Waals surface area contributed by atoms with Gasteiger partial charge in [0.15, 0.2) is 0 Å². The molecule has 2 unspecified atom stereocenters. The summed E-state index contributed by atoms with van der Waals surface area (Å²) >= 11 is 0. The second kappa shape index (κ2) is 56.9. The first-order valence-electron chi connectivity index (χ1n) is 30.1. The molecule has 0 aliphatic rings. The fourth-order valence-corrected chi connectivity index (χ4v) is 9.34. The van der Waals surface area contributed by atoms with E-state index in [1.807, 2.05) is 6.08 Å². The summed E-state index contributed by atoms with van der Waals surface area (Å²) in [5.41, 5.74) is 0. The molecule has 1 amide bonds. The van der Waals surface area contributed by atoms with Crippen LogP contribution in [0.1, 0.15) is 328 Å². The minimum Gasteiger partial charge on any atom is -0.466 e. The van der Waals surface area contributed by atoms with Gasteiger partial charge in [-0.05, 0) is 57.8 Å². The van der Waals surface area contributed by atoms with Crippen molar-refractivity contribution in [3.8, 4) is 0 Å². The first kappa shape index (κ1) is 65.3. The Morgan fingerprint density at radius 2 is 0.701 bits per heavy atom. The van der Waals surface area contributed by atoms with Crippen LogP contribution in [-0.4, -0.2) is 47.4 Å². The zero-order chi connectivity index (χ0) is 48.6. The number of unbranched alkanes of at least 4 members (excludes halogenated alkanes) is 43. The number of amides is 1. The van der Waals surface area contributed by atoms with E-state index in [-0.39, 0.29) is 18.5 Å². The molecule has 2 atom stereocenters. The minimum absolute atomic E-state index is 0.0158. The summed E-state index contributed by atoms with van der Waals surface area (Å²) in [5.74, 6) is -0.0525. The number of carbonyl (C=O) groups is 2. The quantitative estimate of drug-likeness (QED) is 0.0321. The lowest BCUT2D eigenvalue weighted by molar-refractivity contribution is -0.143. The summed E-state index contributed by atoms with van der Waals surface area (Å²) < 4.78 is 5.47. The average molecular weight is 945 g/mol. The smallest absolute Gasteiger partial charge is 0.305 e. The maximum absolute atomic E-state index is 12.4. The standard InChI is InChI=1S/C61H117NO5/c1-3-5-7-9-11-13-34-39-43-47-51-55-61(66)67-56-52-48-44-40-36-33-31-29-27-25-23-21-19-17-15-16-18-20-22-24-26-28-30-32-35-38-42-46-50-54-60(65)62-58(57-63)59(64)53-49-45-41-37-14-12-10-8-6-4-2/h15,17,49,53,58-59,63-64H,3-14,16,18-48,50-52,54-57H2,1-2H3,(H,62,65)/b17-15-,53-49+. The molecule has 0 rings (SSSR count). The molecule has 0 aromatic heterocycles. The highest BCUT2D eigenvalue weighted by Gasteiger charge is 2.18. The second-order valence-corrected chi connectivity index (χ2v) is 20.7. The molecule has 0 spiro atoms. The summed E-state index contributed by atoms with van der Waals surface area (Å²) in [4.78, 5) is 24.4. The van der Waals surface area contributed by atoms with Crippen molar-refractivity contribution in [3.05, 3.63) is 24.3 Å². The Labute approximate surface area is 418 Å². The molecule has 6 heteroatoms. The fraction of sp³-hybridized carbons (Fsp3) is 0.902. The van der Waals surface area contributed by atoms with Gasteiger partial charge in [-0.3, -0.25) is 9.59 Å². The molecule has 0 aromatic rings. The molecule has 3 N–H and O–H groups in total. The number of aliphatic hydroxyl groups is 2. The fourth-order valence-electron chi connectivity index (χ4n) is 9.34. The molecule has 0 aliphatic carbocycles. The molecule has 0 saturated carbocycles. The minimum atomic E-state index is -0.841. The van der Waals surface area contributed by atoms with Gasteiger partial charge in [0, 0.05) is 12.8 Å². The van der Waals surface area contributed by atoms with Gasteiger partial charge < -0.3 is 20.3 Å². The third kappa shape index (κ3) is 53.5. The Morgan fingerprint density at radius 1 is 0.403 bits per heavy atom. The molecule has 0 fully saturated rings. The predicted molar refractivity (Wildman–Crippen MR) is 292 cm³/mol. The Kier molecular flexibility index (Phi) is 55.5. The molecule has 0 bridgehead atoms. The Hall–Kier alpha value is -1.66. The van der Waals surface area contributed by atoms with Crippen molar-refractivity contribution in [1.29, 1.82) is 0 Å². The largest absolute Gasteiger partial charge is 0.466 e. The first-order chi connectivity index (χ1) is 33.0. The van der Waals surface area contributed by atoms with Crippen LogP contribution < -0.4 is 5.32 Å². The molecule has 0 saturated heterocycles. The van der Waals surface area contributed by atoms with Crippen LogP contribution in [0.15, 0.2) is 24.3 Å². The van der Waals surface area contributed by atoms with E-state index in [4.69, 9.17) is 4.74 Å². The van der Waals surface area contributed by atoms with Crippen molar-refractivity contribution in [2.75, 3.05) is 13.2 Å². The van der Waals surface area contributed by atoms with E-state index in [2.05, 4.69) is 31.3 Å². The van der Waals surface area contributed by atoms with Crippen LogP contribution >= 0.6 is 0 Å². The predicted octanol–water partition coefficient (Wildman–Crippen LogP) is 18.6. The van der Waals surface area contributed by atoms with Crippen LogP contribution in [0, 0.1) is 0 Å². The van der Waals surface area contributed by atoms with Crippen molar-refractivity contribution >= 4 is 11.9 Å². The van der Waals surface area contributed by atoms with Gasteiger partial charge in [0.05, 0.1) is 25.4 Å². The normalized spacial score (nSPS) is 12.7. The van der Waals surface area contributed by atoms with Crippen LogP contribution in [0.5, 0.6) is 0 Å². The van der Waals surface area contributed by atoms with E-state index in [0.717, 1.165) is 38.5 Å². The highest BCUT2D eigenvalue weighted by molar-refractivity contribution is 5.76. The van der Waals surface area contributed by atoms with E-state index < -0.39 is 12.1 Å². The number of esters is 1. The monoisotopic (exact) mass is 944 g/mol. The summed E-state index contributed by atoms with van der Waals surface area (Å²) in [6.07, 6.45) is 69.4. The van der Waals surface area contributed by atoms with Gasteiger partial charge in [-0.2, -0.15) is 0 Å². The molecule has 67 heavy (non-hydrogen) atoms. The number of ether oxygens (including phenoxy) is 1. The Balaban J connectivity index is 3.36. The van der Waals surface area contributed by atoms with E-state index in [1.54, 1.807) is 6.08 Å². The molecule has 396 valence electrons. The lowest BCUT2D eigenvalue weighted by Gasteiger charge is -2.20. The highest BCUT2D eigenvalue weighted by atomic mass is 16.5. The van der Waals surface area contributed by atoms with Gasteiger partial charge in [0.1, 0.15) is 0 Å². The summed E-state index contributed by atoms with van der Waals surface area (Å²) in [6.45, 7) is 4.89. The molecule has 0 aliphatic heterocycles. The van der Waals surface area contributed by atoms with Crippen LogP contribution in [0.4, 0.5) is 0 Å². The summed E-state index contributed by atoms with van der Waals surface area (Å²) in [5, 5.41) is 23.0. The Morgan fingerprint density at radius 3 is 1.06 bits per heavy atom. The van der Waals surface area contributed by atoms with Crippen molar-refractivity contribution in [2.45, 2.75) is 341 Å². The SMILES string of the molecule is CCCCCCCCCC/C=C/C(O)C(CO)NC(=O)CCCCCCCCCCCCCCC/C=C\CCCCCCCCCCCCCCOC(=O)CCCCCCCCCCCCC. The average Bonchev–Trinajstić information content (AvgIpc) is 3.33.